The van der Waals surface area contributed by atoms with E-state index in [1.165, 1.54) is 0 Å². The molecule has 2 amide bonds. The van der Waals surface area contributed by atoms with Gasteiger partial charge in [-0.3, -0.25) is 9.59 Å². The van der Waals surface area contributed by atoms with Gasteiger partial charge in [-0.1, -0.05) is 42.5 Å². The number of carbonyl (C=O) groups excluding carboxylic acids is 2. The minimum atomic E-state index is -0.231. The van der Waals surface area contributed by atoms with Crippen LogP contribution in [0.5, 0.6) is 0 Å². The van der Waals surface area contributed by atoms with Gasteiger partial charge in [0.2, 0.25) is 5.91 Å². The maximum absolute atomic E-state index is 12.3. The third-order valence-corrected chi connectivity index (χ3v) is 4.47. The molecule has 1 unspecified atom stereocenters. The average Bonchev–Trinajstić information content (AvgIpc) is 3.05. The second kappa shape index (κ2) is 9.36. The Bertz CT molecular complexity index is 734. The van der Waals surface area contributed by atoms with E-state index in [1.54, 1.807) is 12.1 Å². The fourth-order valence-electron chi connectivity index (χ4n) is 2.98. The molecule has 0 bridgehead atoms. The molecule has 0 aromatic heterocycles. The summed E-state index contributed by atoms with van der Waals surface area (Å²) in [7, 11) is 0. The molecule has 2 aromatic carbocycles. The van der Waals surface area contributed by atoms with Gasteiger partial charge >= 0.3 is 0 Å². The van der Waals surface area contributed by atoms with Crippen LogP contribution in [-0.4, -0.2) is 29.8 Å². The Kier molecular flexibility index (Phi) is 7.18. The van der Waals surface area contributed by atoms with Crippen LogP contribution < -0.4 is 11.1 Å². The summed E-state index contributed by atoms with van der Waals surface area (Å²) in [6, 6.07) is 16.9. The average molecular weight is 374 g/mol. The van der Waals surface area contributed by atoms with Crippen molar-refractivity contribution in [3.8, 4) is 0 Å². The lowest BCUT2D eigenvalue weighted by molar-refractivity contribution is -0.128. The maximum Gasteiger partial charge on any atom is 0.251 e. The Hall–Kier alpha value is -2.37. The lowest BCUT2D eigenvalue weighted by Crippen LogP contribution is -2.31. The molecule has 6 heteroatoms. The number of hydrogen-bond donors (Lipinski definition) is 2. The normalized spacial score (nSPS) is 14.7. The van der Waals surface area contributed by atoms with Gasteiger partial charge < -0.3 is 16.0 Å². The minimum absolute atomic E-state index is 0. The van der Waals surface area contributed by atoms with E-state index in [1.807, 2.05) is 47.4 Å². The number of benzene rings is 2. The maximum atomic E-state index is 12.3. The van der Waals surface area contributed by atoms with Gasteiger partial charge in [0.05, 0.1) is 0 Å². The Morgan fingerprint density at radius 1 is 1.12 bits per heavy atom. The van der Waals surface area contributed by atoms with Gasteiger partial charge in [-0.15, -0.1) is 12.4 Å². The van der Waals surface area contributed by atoms with E-state index in [4.69, 9.17) is 5.73 Å². The molecule has 1 aliphatic heterocycles. The number of nitrogens with two attached hydrogens (primary N) is 1. The van der Waals surface area contributed by atoms with E-state index in [2.05, 4.69) is 5.32 Å². The Labute approximate surface area is 160 Å². The summed E-state index contributed by atoms with van der Waals surface area (Å²) in [4.78, 5) is 25.8. The molecule has 2 aromatic rings. The third kappa shape index (κ3) is 5.07. The van der Waals surface area contributed by atoms with E-state index < -0.39 is 0 Å². The van der Waals surface area contributed by atoms with Crippen molar-refractivity contribution in [2.45, 2.75) is 25.4 Å². The minimum Gasteiger partial charge on any atom is -0.350 e. The Morgan fingerprint density at radius 3 is 2.42 bits per heavy atom. The van der Waals surface area contributed by atoms with Gasteiger partial charge in [0.25, 0.3) is 5.91 Å². The number of hydrogen-bond acceptors (Lipinski definition) is 3. The standard InChI is InChI=1S/C20H23N3O2.ClH/c21-18(16-5-2-1-3-6-16)13-22-20(25)17-10-8-15(9-11-17)14-23-12-4-7-19(23)24;/h1-3,5-6,8-11,18H,4,7,12-14,21H2,(H,22,25);1H. The fourth-order valence-corrected chi connectivity index (χ4v) is 2.98. The van der Waals surface area contributed by atoms with E-state index in [0.717, 1.165) is 24.1 Å². The first kappa shape index (κ1) is 19.9. The lowest BCUT2D eigenvalue weighted by Gasteiger charge is -2.16. The van der Waals surface area contributed by atoms with Crippen molar-refractivity contribution < 1.29 is 9.59 Å². The van der Waals surface area contributed by atoms with Crippen molar-refractivity contribution in [1.82, 2.24) is 10.2 Å². The molecule has 1 fully saturated rings. The van der Waals surface area contributed by atoms with E-state index in [9.17, 15) is 9.59 Å². The summed E-state index contributed by atoms with van der Waals surface area (Å²) in [5.74, 6) is 0.0619. The van der Waals surface area contributed by atoms with Crippen LogP contribution >= 0.6 is 12.4 Å². The van der Waals surface area contributed by atoms with Crippen LogP contribution in [0, 0.1) is 0 Å². The van der Waals surface area contributed by atoms with E-state index >= 15 is 0 Å². The molecular weight excluding hydrogens is 350 g/mol. The predicted molar refractivity (Wildman–Crippen MR) is 104 cm³/mol. The first-order valence-electron chi connectivity index (χ1n) is 8.59. The zero-order valence-corrected chi connectivity index (χ0v) is 15.4. The number of carbonyl (C=O) groups is 2. The van der Waals surface area contributed by atoms with Crippen molar-refractivity contribution in [3.05, 3.63) is 71.3 Å². The molecule has 0 radical (unpaired) electrons. The lowest BCUT2D eigenvalue weighted by atomic mass is 10.1. The number of amides is 2. The van der Waals surface area contributed by atoms with Crippen LogP contribution in [0.2, 0.25) is 0 Å². The Morgan fingerprint density at radius 2 is 1.81 bits per heavy atom. The van der Waals surface area contributed by atoms with Gasteiger partial charge in [-0.2, -0.15) is 0 Å². The molecule has 1 heterocycles. The van der Waals surface area contributed by atoms with Crippen molar-refractivity contribution in [2.24, 2.45) is 5.73 Å². The highest BCUT2D eigenvalue weighted by Crippen LogP contribution is 2.15. The molecule has 26 heavy (non-hydrogen) atoms. The quantitative estimate of drug-likeness (QED) is 0.817. The number of rotatable bonds is 6. The summed E-state index contributed by atoms with van der Waals surface area (Å²) < 4.78 is 0. The smallest absolute Gasteiger partial charge is 0.251 e. The second-order valence-electron chi connectivity index (χ2n) is 6.34. The van der Waals surface area contributed by atoms with Crippen LogP contribution in [-0.2, 0) is 11.3 Å². The topological polar surface area (TPSA) is 75.4 Å². The summed E-state index contributed by atoms with van der Waals surface area (Å²) >= 11 is 0. The summed E-state index contributed by atoms with van der Waals surface area (Å²) in [6.07, 6.45) is 1.57. The first-order chi connectivity index (χ1) is 12.1. The van der Waals surface area contributed by atoms with Crippen LogP contribution in [0.15, 0.2) is 54.6 Å². The molecule has 1 atom stereocenters. The molecule has 3 N–H and O–H groups in total. The predicted octanol–water partition coefficient (Wildman–Crippen LogP) is 2.66. The molecule has 0 spiro atoms. The SMILES string of the molecule is Cl.NC(CNC(=O)c1ccc(CN2CCCC2=O)cc1)c1ccccc1. The van der Waals surface area contributed by atoms with Crippen LogP contribution in [0.25, 0.3) is 0 Å². The van der Waals surface area contributed by atoms with Crippen molar-refractivity contribution in [2.75, 3.05) is 13.1 Å². The Balaban J connectivity index is 0.00000243. The number of nitrogens with zero attached hydrogens (tertiary/aromatic N) is 1. The molecule has 5 nitrogen and oxygen atoms in total. The zero-order chi connectivity index (χ0) is 17.6. The van der Waals surface area contributed by atoms with Gasteiger partial charge in [-0.05, 0) is 29.7 Å². The molecule has 0 aliphatic carbocycles. The van der Waals surface area contributed by atoms with Crippen molar-refractivity contribution in [1.29, 1.82) is 0 Å². The van der Waals surface area contributed by atoms with Crippen molar-refractivity contribution in [3.63, 3.8) is 0 Å². The van der Waals surface area contributed by atoms with Crippen molar-refractivity contribution >= 4 is 24.2 Å². The zero-order valence-electron chi connectivity index (χ0n) is 14.6. The second-order valence-corrected chi connectivity index (χ2v) is 6.34. The van der Waals surface area contributed by atoms with Crippen LogP contribution in [0.1, 0.15) is 40.4 Å². The number of nitrogens with one attached hydrogen (secondary N) is 1. The number of likely N-dealkylation sites (tertiary alicyclic amines) is 1. The number of halogens is 1. The highest BCUT2D eigenvalue weighted by atomic mass is 35.5. The van der Waals surface area contributed by atoms with E-state index in [0.29, 0.717) is 25.1 Å². The highest BCUT2D eigenvalue weighted by Gasteiger charge is 2.20. The molecule has 3 rings (SSSR count). The summed E-state index contributed by atoms with van der Waals surface area (Å²) in [6.45, 7) is 1.81. The van der Waals surface area contributed by atoms with Crippen LogP contribution in [0.4, 0.5) is 0 Å². The van der Waals surface area contributed by atoms with Gasteiger partial charge in [0.15, 0.2) is 0 Å². The highest BCUT2D eigenvalue weighted by molar-refractivity contribution is 5.94. The monoisotopic (exact) mass is 373 g/mol. The molecule has 1 aliphatic rings. The van der Waals surface area contributed by atoms with E-state index in [-0.39, 0.29) is 30.3 Å². The molecule has 138 valence electrons. The first-order valence-corrected chi connectivity index (χ1v) is 8.59. The largest absolute Gasteiger partial charge is 0.350 e. The summed E-state index contributed by atoms with van der Waals surface area (Å²) in [5.41, 5.74) is 8.72. The third-order valence-electron chi connectivity index (χ3n) is 4.47. The summed E-state index contributed by atoms with van der Waals surface area (Å²) in [5, 5.41) is 2.87. The van der Waals surface area contributed by atoms with Gasteiger partial charge in [0.1, 0.15) is 0 Å². The fraction of sp³-hybridized carbons (Fsp3) is 0.300. The molecule has 0 saturated carbocycles. The molecular formula is C20H24ClN3O2. The molecule has 1 saturated heterocycles. The van der Waals surface area contributed by atoms with Gasteiger partial charge in [0, 0.05) is 37.7 Å². The van der Waals surface area contributed by atoms with Gasteiger partial charge in [-0.25, -0.2) is 0 Å². The van der Waals surface area contributed by atoms with Crippen LogP contribution in [0.3, 0.4) is 0 Å².